The summed E-state index contributed by atoms with van der Waals surface area (Å²) in [6, 6.07) is 17.4. The number of aliphatic imine (C=N–C) groups is 1. The fraction of sp³-hybridized carbons (Fsp3) is 0.130. The van der Waals surface area contributed by atoms with E-state index < -0.39 is 5.97 Å². The lowest BCUT2D eigenvalue weighted by molar-refractivity contribution is -0.136. The fourth-order valence-electron chi connectivity index (χ4n) is 3.36. The Balaban J connectivity index is 1.96. The lowest BCUT2D eigenvalue weighted by Crippen LogP contribution is -2.14. The summed E-state index contributed by atoms with van der Waals surface area (Å²) in [7, 11) is 1.35. The second kappa shape index (κ2) is 8.37. The molecule has 0 spiro atoms. The lowest BCUT2D eigenvalue weighted by Gasteiger charge is -2.18. The van der Waals surface area contributed by atoms with E-state index in [4.69, 9.17) is 16.3 Å². The Morgan fingerprint density at radius 1 is 1.07 bits per heavy atom. The highest BCUT2D eigenvalue weighted by atomic mass is 35.5. The van der Waals surface area contributed by atoms with Crippen molar-refractivity contribution in [2.24, 2.45) is 4.99 Å². The minimum Gasteiger partial charge on any atom is -0.464 e. The number of carbonyl (C=O) groups is 1. The first-order chi connectivity index (χ1) is 14.2. The Hall–Kier alpha value is -3.31. The van der Waals surface area contributed by atoms with Crippen molar-refractivity contribution < 1.29 is 9.53 Å². The minimum atomic E-state index is -0.449. The molecular weight excluding hydrogens is 386 g/mol. The van der Waals surface area contributed by atoms with Gasteiger partial charge in [0.05, 0.1) is 19.0 Å². The Morgan fingerprint density at radius 2 is 1.86 bits per heavy atom. The van der Waals surface area contributed by atoms with Crippen LogP contribution in [0.3, 0.4) is 0 Å². The lowest BCUT2D eigenvalue weighted by atomic mass is 9.91. The average molecular weight is 404 g/mol. The molecule has 5 nitrogen and oxygen atoms in total. The third-order valence-electron chi connectivity index (χ3n) is 4.69. The predicted molar refractivity (Wildman–Crippen MR) is 114 cm³/mol. The number of hydrogen-bond donors (Lipinski definition) is 0. The molecule has 1 aromatic heterocycles. The molecule has 1 aliphatic heterocycles. The van der Waals surface area contributed by atoms with Gasteiger partial charge in [0, 0.05) is 21.7 Å². The number of esters is 1. The normalized spacial score (nSPS) is 13.4. The zero-order valence-corrected chi connectivity index (χ0v) is 16.6. The molecule has 0 saturated heterocycles. The van der Waals surface area contributed by atoms with Crippen LogP contribution in [-0.2, 0) is 9.53 Å². The van der Waals surface area contributed by atoms with E-state index in [2.05, 4.69) is 15.2 Å². The van der Waals surface area contributed by atoms with Crippen LogP contribution < -0.4 is 0 Å². The van der Waals surface area contributed by atoms with Gasteiger partial charge in [-0.3, -0.25) is 0 Å². The summed E-state index contributed by atoms with van der Waals surface area (Å²) in [6.45, 7) is 0. The first-order valence-corrected chi connectivity index (χ1v) is 9.58. The molecule has 3 aromatic rings. The molecule has 0 saturated carbocycles. The largest absolute Gasteiger partial charge is 0.464 e. The molecule has 2 heterocycles. The van der Waals surface area contributed by atoms with Crippen LogP contribution in [0.4, 0.5) is 0 Å². The smallest absolute Gasteiger partial charge is 0.356 e. The van der Waals surface area contributed by atoms with Crippen LogP contribution in [0.2, 0.25) is 5.02 Å². The van der Waals surface area contributed by atoms with E-state index >= 15 is 0 Å². The molecule has 0 N–H and O–H groups in total. The van der Waals surface area contributed by atoms with Crippen LogP contribution in [0.15, 0.2) is 77.6 Å². The predicted octanol–water partition coefficient (Wildman–Crippen LogP) is 5.10. The monoisotopic (exact) mass is 403 g/mol. The maximum atomic E-state index is 12.1. The number of nitrogens with zero attached hydrogens (tertiary/aromatic N) is 3. The number of ether oxygens (including phenoxy) is 1. The minimum absolute atomic E-state index is 0.307. The molecule has 0 radical (unpaired) electrons. The van der Waals surface area contributed by atoms with Gasteiger partial charge in [0.2, 0.25) is 0 Å². The van der Waals surface area contributed by atoms with Crippen LogP contribution in [0.1, 0.15) is 18.4 Å². The van der Waals surface area contributed by atoms with Gasteiger partial charge in [-0.25, -0.2) is 9.79 Å². The number of methoxy groups -OCH3 is 1. The third kappa shape index (κ3) is 3.96. The maximum absolute atomic E-state index is 12.1. The van der Waals surface area contributed by atoms with Gasteiger partial charge in [-0.05, 0) is 30.5 Å². The molecule has 144 valence electrons. The molecule has 0 aliphatic carbocycles. The van der Waals surface area contributed by atoms with Crippen molar-refractivity contribution in [1.82, 2.24) is 10.2 Å². The van der Waals surface area contributed by atoms with E-state index in [0.717, 1.165) is 28.0 Å². The van der Waals surface area contributed by atoms with Gasteiger partial charge < -0.3 is 4.74 Å². The number of benzene rings is 2. The first-order valence-electron chi connectivity index (χ1n) is 9.21. The standard InChI is InChI=1S/C23H18ClN3O2/c1-29-23(28)20-12-6-11-19(26-20)21-18(15-7-3-2-4-8-15)14-25-27-22(21)16-9-5-10-17(24)13-16/h2-5,7-10,12-14H,6,11H2,1H3. The molecule has 2 aromatic carbocycles. The number of allylic oxidation sites excluding steroid dienone is 1. The second-order valence-corrected chi connectivity index (χ2v) is 6.97. The molecular formula is C23H18ClN3O2. The Kier molecular flexibility index (Phi) is 5.49. The van der Waals surface area contributed by atoms with Crippen LogP contribution in [0, 0.1) is 0 Å². The number of aromatic nitrogens is 2. The van der Waals surface area contributed by atoms with Gasteiger partial charge in [-0.2, -0.15) is 5.10 Å². The zero-order valence-electron chi connectivity index (χ0n) is 15.8. The maximum Gasteiger partial charge on any atom is 0.356 e. The van der Waals surface area contributed by atoms with Gasteiger partial charge in [0.25, 0.3) is 0 Å². The Bertz CT molecular complexity index is 1120. The zero-order chi connectivity index (χ0) is 20.2. The van der Waals surface area contributed by atoms with Gasteiger partial charge in [-0.1, -0.05) is 60.1 Å². The van der Waals surface area contributed by atoms with Crippen LogP contribution in [0.5, 0.6) is 0 Å². The van der Waals surface area contributed by atoms with Crippen molar-refractivity contribution in [3.8, 4) is 22.4 Å². The molecule has 0 atom stereocenters. The summed E-state index contributed by atoms with van der Waals surface area (Å²) in [6.07, 6.45) is 4.90. The highest BCUT2D eigenvalue weighted by molar-refractivity contribution is 6.30. The number of carbonyl (C=O) groups excluding carboxylic acids is 1. The van der Waals surface area contributed by atoms with Crippen LogP contribution in [0.25, 0.3) is 22.4 Å². The molecule has 0 amide bonds. The van der Waals surface area contributed by atoms with Gasteiger partial charge in [0.1, 0.15) is 11.4 Å². The first kappa shape index (κ1) is 19.0. The summed E-state index contributed by atoms with van der Waals surface area (Å²) < 4.78 is 4.86. The van der Waals surface area contributed by atoms with E-state index in [-0.39, 0.29) is 0 Å². The molecule has 1 aliphatic rings. The van der Waals surface area contributed by atoms with Crippen molar-refractivity contribution in [2.45, 2.75) is 12.8 Å². The number of halogens is 1. The summed E-state index contributed by atoms with van der Waals surface area (Å²) in [5.41, 5.74) is 5.35. The number of hydrogen-bond acceptors (Lipinski definition) is 5. The Labute approximate surface area is 173 Å². The van der Waals surface area contributed by atoms with Crippen LogP contribution in [-0.4, -0.2) is 29.0 Å². The third-order valence-corrected chi connectivity index (χ3v) is 4.93. The van der Waals surface area contributed by atoms with E-state index in [1.165, 1.54) is 7.11 Å². The molecule has 0 unspecified atom stereocenters. The van der Waals surface area contributed by atoms with Gasteiger partial charge in [0.15, 0.2) is 0 Å². The van der Waals surface area contributed by atoms with Crippen LogP contribution >= 0.6 is 11.6 Å². The molecule has 0 fully saturated rings. The van der Waals surface area contributed by atoms with Crippen molar-refractivity contribution in [3.05, 3.63) is 83.2 Å². The van der Waals surface area contributed by atoms with Gasteiger partial charge in [-0.15, -0.1) is 5.10 Å². The summed E-state index contributed by atoms with van der Waals surface area (Å²) in [5.74, 6) is -0.449. The number of rotatable bonds is 4. The summed E-state index contributed by atoms with van der Waals surface area (Å²) in [4.78, 5) is 16.7. The van der Waals surface area contributed by atoms with E-state index in [9.17, 15) is 4.79 Å². The van der Waals surface area contributed by atoms with E-state index in [0.29, 0.717) is 29.3 Å². The SMILES string of the molecule is COC(=O)C1=CCCC(c2c(-c3ccccc3)cnnc2-c2cccc(Cl)c2)=N1. The van der Waals surface area contributed by atoms with E-state index in [1.54, 1.807) is 12.3 Å². The molecule has 6 heteroatoms. The highest BCUT2D eigenvalue weighted by Gasteiger charge is 2.23. The van der Waals surface area contributed by atoms with Crippen molar-refractivity contribution in [3.63, 3.8) is 0 Å². The van der Waals surface area contributed by atoms with E-state index in [1.807, 2.05) is 54.6 Å². The van der Waals surface area contributed by atoms with Crippen molar-refractivity contribution in [1.29, 1.82) is 0 Å². The second-order valence-electron chi connectivity index (χ2n) is 6.54. The quantitative estimate of drug-likeness (QED) is 0.568. The topological polar surface area (TPSA) is 64.4 Å². The van der Waals surface area contributed by atoms with Gasteiger partial charge >= 0.3 is 5.97 Å². The summed E-state index contributed by atoms with van der Waals surface area (Å²) in [5, 5.41) is 9.27. The average Bonchev–Trinajstić information content (AvgIpc) is 2.78. The molecule has 4 rings (SSSR count). The van der Waals surface area contributed by atoms with Crippen molar-refractivity contribution in [2.75, 3.05) is 7.11 Å². The fourth-order valence-corrected chi connectivity index (χ4v) is 3.55. The van der Waals surface area contributed by atoms with Crippen molar-refractivity contribution >= 4 is 23.3 Å². The molecule has 0 bridgehead atoms. The molecule has 29 heavy (non-hydrogen) atoms. The summed E-state index contributed by atoms with van der Waals surface area (Å²) >= 11 is 6.22. The highest BCUT2D eigenvalue weighted by Crippen LogP contribution is 2.34. The Morgan fingerprint density at radius 3 is 2.62 bits per heavy atom.